The summed E-state index contributed by atoms with van der Waals surface area (Å²) in [5, 5.41) is 0.620. The molecule has 0 fully saturated rings. The summed E-state index contributed by atoms with van der Waals surface area (Å²) in [5.74, 6) is 1.40. The number of halogens is 1. The highest BCUT2D eigenvalue weighted by Crippen LogP contribution is 2.40. The minimum Gasteiger partial charge on any atom is -0.454 e. The van der Waals surface area contributed by atoms with Gasteiger partial charge < -0.3 is 15.2 Å². The van der Waals surface area contributed by atoms with E-state index in [-0.39, 0.29) is 12.2 Å². The van der Waals surface area contributed by atoms with Crippen LogP contribution in [0.25, 0.3) is 0 Å². The summed E-state index contributed by atoms with van der Waals surface area (Å²) < 4.78 is 10.8. The van der Waals surface area contributed by atoms with Crippen LogP contribution in [0.15, 0.2) is 12.1 Å². The Balaban J connectivity index is 2.12. The van der Waals surface area contributed by atoms with E-state index in [0.29, 0.717) is 17.3 Å². The number of nitrogens with two attached hydrogens (primary N) is 1. The Morgan fingerprint density at radius 1 is 1.33 bits per heavy atom. The van der Waals surface area contributed by atoms with Gasteiger partial charge in [-0.3, -0.25) is 4.90 Å². The normalized spacial score (nSPS) is 14.0. The number of rotatable bonds is 7. The predicted octanol–water partition coefficient (Wildman–Crippen LogP) is 3.27. The first-order valence-corrected chi connectivity index (χ1v) is 7.83. The molecule has 1 aliphatic rings. The van der Waals surface area contributed by atoms with Gasteiger partial charge in [-0.05, 0) is 42.6 Å². The molecular weight excluding hydrogens is 288 g/mol. The molecule has 0 aliphatic carbocycles. The first kappa shape index (κ1) is 16.4. The largest absolute Gasteiger partial charge is 0.454 e. The Kier molecular flexibility index (Phi) is 5.36. The molecule has 1 aliphatic heterocycles. The molecule has 0 spiro atoms. The van der Waals surface area contributed by atoms with E-state index in [1.807, 2.05) is 12.1 Å². The van der Waals surface area contributed by atoms with E-state index in [1.165, 1.54) is 0 Å². The van der Waals surface area contributed by atoms with Crippen LogP contribution in [-0.4, -0.2) is 31.3 Å². The maximum atomic E-state index is 6.25. The van der Waals surface area contributed by atoms with Gasteiger partial charge in [-0.15, -0.1) is 0 Å². The SMILES string of the molecule is CCCN(Cc1cc(Cl)c2c(c1)OCO2)CC(C)(C)CN. The lowest BCUT2D eigenvalue weighted by molar-refractivity contribution is 0.172. The molecule has 0 unspecified atom stereocenters. The van der Waals surface area contributed by atoms with Crippen molar-refractivity contribution < 1.29 is 9.47 Å². The Bertz CT molecular complexity index is 491. The number of hydrogen-bond donors (Lipinski definition) is 1. The second-order valence-electron chi connectivity index (χ2n) is 6.39. The van der Waals surface area contributed by atoms with Crippen LogP contribution in [0.1, 0.15) is 32.8 Å². The molecule has 2 rings (SSSR count). The quantitative estimate of drug-likeness (QED) is 0.839. The third-order valence-corrected chi connectivity index (χ3v) is 3.92. The minimum atomic E-state index is 0.106. The summed E-state index contributed by atoms with van der Waals surface area (Å²) in [5.41, 5.74) is 7.11. The van der Waals surface area contributed by atoms with Gasteiger partial charge in [-0.1, -0.05) is 32.4 Å². The van der Waals surface area contributed by atoms with Crippen LogP contribution in [0.3, 0.4) is 0 Å². The van der Waals surface area contributed by atoms with Crippen LogP contribution >= 0.6 is 11.6 Å². The zero-order valence-electron chi connectivity index (χ0n) is 13.1. The summed E-state index contributed by atoms with van der Waals surface area (Å²) >= 11 is 6.25. The van der Waals surface area contributed by atoms with Gasteiger partial charge in [0.25, 0.3) is 0 Å². The minimum absolute atomic E-state index is 0.106. The standard InChI is InChI=1S/C16H25ClN2O2/c1-4-5-19(10-16(2,3)9-18)8-12-6-13(17)15-14(7-12)20-11-21-15/h6-7H,4-5,8-11,18H2,1-3H3. The van der Waals surface area contributed by atoms with E-state index >= 15 is 0 Å². The fourth-order valence-electron chi connectivity index (χ4n) is 2.57. The zero-order valence-corrected chi connectivity index (χ0v) is 13.9. The van der Waals surface area contributed by atoms with Crippen LogP contribution in [0.4, 0.5) is 0 Å². The average Bonchev–Trinajstić information content (AvgIpc) is 2.87. The summed E-state index contributed by atoms with van der Waals surface area (Å²) in [6, 6.07) is 3.99. The average molecular weight is 313 g/mol. The second kappa shape index (κ2) is 6.86. The van der Waals surface area contributed by atoms with Gasteiger partial charge in [-0.2, -0.15) is 0 Å². The third-order valence-electron chi connectivity index (χ3n) is 3.64. The lowest BCUT2D eigenvalue weighted by Gasteiger charge is -2.31. The van der Waals surface area contributed by atoms with Gasteiger partial charge in [0, 0.05) is 13.1 Å². The maximum Gasteiger partial charge on any atom is 0.231 e. The van der Waals surface area contributed by atoms with Gasteiger partial charge in [0.15, 0.2) is 11.5 Å². The van der Waals surface area contributed by atoms with E-state index in [4.69, 9.17) is 26.8 Å². The monoisotopic (exact) mass is 312 g/mol. The molecule has 1 aromatic rings. The fourth-order valence-corrected chi connectivity index (χ4v) is 2.86. The van der Waals surface area contributed by atoms with E-state index in [2.05, 4.69) is 25.7 Å². The molecule has 1 heterocycles. The van der Waals surface area contributed by atoms with Crippen molar-refractivity contribution in [2.24, 2.45) is 11.1 Å². The molecule has 5 heteroatoms. The van der Waals surface area contributed by atoms with Crippen LogP contribution < -0.4 is 15.2 Å². The highest BCUT2D eigenvalue weighted by molar-refractivity contribution is 6.32. The highest BCUT2D eigenvalue weighted by Gasteiger charge is 2.22. The lowest BCUT2D eigenvalue weighted by Crippen LogP contribution is -2.38. The molecule has 0 amide bonds. The molecule has 1 aromatic carbocycles. The number of nitrogens with zero attached hydrogens (tertiary/aromatic N) is 1. The molecule has 0 radical (unpaired) electrons. The number of fused-ring (bicyclic) bond motifs is 1. The first-order chi connectivity index (χ1) is 9.95. The fraction of sp³-hybridized carbons (Fsp3) is 0.625. The van der Waals surface area contributed by atoms with Gasteiger partial charge in [0.1, 0.15) is 0 Å². The molecule has 4 nitrogen and oxygen atoms in total. The van der Waals surface area contributed by atoms with Crippen molar-refractivity contribution >= 4 is 11.6 Å². The number of benzene rings is 1. The van der Waals surface area contributed by atoms with E-state index in [0.717, 1.165) is 37.4 Å². The Morgan fingerprint density at radius 2 is 2.10 bits per heavy atom. The van der Waals surface area contributed by atoms with Gasteiger partial charge in [0.05, 0.1) is 5.02 Å². The first-order valence-electron chi connectivity index (χ1n) is 7.45. The molecule has 0 bridgehead atoms. The Labute approximate surface area is 132 Å². The Hall–Kier alpha value is -0.970. The molecule has 0 aromatic heterocycles. The molecule has 21 heavy (non-hydrogen) atoms. The Morgan fingerprint density at radius 3 is 2.76 bits per heavy atom. The van der Waals surface area contributed by atoms with Crippen molar-refractivity contribution in [3.05, 3.63) is 22.7 Å². The zero-order chi connectivity index (χ0) is 15.5. The second-order valence-corrected chi connectivity index (χ2v) is 6.80. The molecular formula is C16H25ClN2O2. The van der Waals surface area contributed by atoms with Crippen LogP contribution in [0, 0.1) is 5.41 Å². The number of hydrogen-bond acceptors (Lipinski definition) is 4. The molecule has 0 saturated carbocycles. The van der Waals surface area contributed by atoms with E-state index in [9.17, 15) is 0 Å². The van der Waals surface area contributed by atoms with E-state index < -0.39 is 0 Å². The molecule has 118 valence electrons. The smallest absolute Gasteiger partial charge is 0.231 e. The van der Waals surface area contributed by atoms with Crippen molar-refractivity contribution in [3.63, 3.8) is 0 Å². The molecule has 2 N–H and O–H groups in total. The summed E-state index contributed by atoms with van der Waals surface area (Å²) in [7, 11) is 0. The summed E-state index contributed by atoms with van der Waals surface area (Å²) in [6.45, 7) is 10.3. The van der Waals surface area contributed by atoms with Crippen LogP contribution in [0.2, 0.25) is 5.02 Å². The van der Waals surface area contributed by atoms with Crippen molar-refractivity contribution in [2.45, 2.75) is 33.7 Å². The topological polar surface area (TPSA) is 47.7 Å². The maximum absolute atomic E-state index is 6.25. The van der Waals surface area contributed by atoms with Gasteiger partial charge in [0.2, 0.25) is 6.79 Å². The lowest BCUT2D eigenvalue weighted by atomic mass is 9.93. The van der Waals surface area contributed by atoms with Crippen LogP contribution in [0.5, 0.6) is 11.5 Å². The van der Waals surface area contributed by atoms with E-state index in [1.54, 1.807) is 0 Å². The summed E-state index contributed by atoms with van der Waals surface area (Å²) in [4.78, 5) is 2.42. The summed E-state index contributed by atoms with van der Waals surface area (Å²) in [6.07, 6.45) is 1.11. The van der Waals surface area contributed by atoms with Crippen LogP contribution in [-0.2, 0) is 6.54 Å². The van der Waals surface area contributed by atoms with Crippen molar-refractivity contribution in [2.75, 3.05) is 26.4 Å². The van der Waals surface area contributed by atoms with Gasteiger partial charge >= 0.3 is 0 Å². The van der Waals surface area contributed by atoms with Crippen molar-refractivity contribution in [3.8, 4) is 11.5 Å². The van der Waals surface area contributed by atoms with Gasteiger partial charge in [-0.25, -0.2) is 0 Å². The highest BCUT2D eigenvalue weighted by atomic mass is 35.5. The predicted molar refractivity (Wildman–Crippen MR) is 86.0 cm³/mol. The molecule has 0 atom stereocenters. The number of ether oxygens (including phenoxy) is 2. The van der Waals surface area contributed by atoms with Crippen molar-refractivity contribution in [1.29, 1.82) is 0 Å². The van der Waals surface area contributed by atoms with Crippen molar-refractivity contribution in [1.82, 2.24) is 4.90 Å². The third kappa shape index (κ3) is 4.25. The molecule has 0 saturated heterocycles.